The molecule has 0 aromatic heterocycles. The number of rotatable bonds is 5. The van der Waals surface area contributed by atoms with Gasteiger partial charge in [0.25, 0.3) is 0 Å². The summed E-state index contributed by atoms with van der Waals surface area (Å²) < 4.78 is 0. The van der Waals surface area contributed by atoms with Gasteiger partial charge in [-0.3, -0.25) is 0 Å². The molecule has 0 rings (SSSR count). The van der Waals surface area contributed by atoms with Crippen LogP contribution < -0.4 is 10.6 Å². The number of hydrogen-bond donors (Lipinski definition) is 2. The summed E-state index contributed by atoms with van der Waals surface area (Å²) in [4.78, 5) is 0. The predicted octanol–water partition coefficient (Wildman–Crippen LogP) is 1.76. The molecule has 2 N–H and O–H groups in total. The van der Waals surface area contributed by atoms with Crippen molar-refractivity contribution in [3.63, 3.8) is 0 Å². The van der Waals surface area contributed by atoms with Gasteiger partial charge in [-0.05, 0) is 47.2 Å². The highest BCUT2D eigenvalue weighted by Crippen LogP contribution is 1.99. The van der Waals surface area contributed by atoms with Crippen LogP contribution in [-0.4, -0.2) is 24.7 Å². The average Bonchev–Trinajstić information content (AvgIpc) is 1.84. The molecule has 0 heterocycles. The maximum Gasteiger partial charge on any atom is 0.00965 e. The van der Waals surface area contributed by atoms with Gasteiger partial charge in [0.15, 0.2) is 0 Å². The maximum absolute atomic E-state index is 3.47. The van der Waals surface area contributed by atoms with E-state index in [9.17, 15) is 0 Å². The molecule has 0 aromatic rings. The van der Waals surface area contributed by atoms with Crippen LogP contribution in [0.1, 0.15) is 41.0 Å². The van der Waals surface area contributed by atoms with Crippen LogP contribution in [0.5, 0.6) is 0 Å². The third-order valence-corrected chi connectivity index (χ3v) is 1.79. The van der Waals surface area contributed by atoms with Gasteiger partial charge in [0, 0.05) is 11.6 Å². The van der Waals surface area contributed by atoms with E-state index in [0.717, 1.165) is 13.1 Å². The molecule has 0 spiro atoms. The van der Waals surface area contributed by atoms with Crippen molar-refractivity contribution in [3.8, 4) is 0 Å². The second-order valence-electron chi connectivity index (χ2n) is 4.42. The zero-order valence-electron chi connectivity index (χ0n) is 9.20. The molecule has 0 aromatic carbocycles. The smallest absolute Gasteiger partial charge is 0.00965 e. The molecule has 0 fully saturated rings. The monoisotopic (exact) mass is 172 g/mol. The summed E-state index contributed by atoms with van der Waals surface area (Å²) in [5.74, 6) is 0. The van der Waals surface area contributed by atoms with Crippen LogP contribution in [0.15, 0.2) is 0 Å². The highest BCUT2D eigenvalue weighted by Gasteiger charge is 2.08. The van der Waals surface area contributed by atoms with Gasteiger partial charge < -0.3 is 10.6 Å². The maximum atomic E-state index is 3.47. The summed E-state index contributed by atoms with van der Waals surface area (Å²) in [5.41, 5.74) is 0.256. The van der Waals surface area contributed by atoms with Crippen molar-refractivity contribution in [2.75, 3.05) is 13.1 Å². The highest BCUT2D eigenvalue weighted by atomic mass is 15.0. The van der Waals surface area contributed by atoms with Gasteiger partial charge in [-0.25, -0.2) is 0 Å². The fourth-order valence-corrected chi connectivity index (χ4v) is 1.11. The van der Waals surface area contributed by atoms with Crippen LogP contribution in [0.25, 0.3) is 0 Å². The molecule has 0 radical (unpaired) electrons. The van der Waals surface area contributed by atoms with Crippen molar-refractivity contribution in [2.24, 2.45) is 0 Å². The molecule has 1 unspecified atom stereocenters. The third-order valence-electron chi connectivity index (χ3n) is 1.79. The summed E-state index contributed by atoms with van der Waals surface area (Å²) in [7, 11) is 0. The topological polar surface area (TPSA) is 24.1 Å². The average molecular weight is 172 g/mol. The fourth-order valence-electron chi connectivity index (χ4n) is 1.11. The lowest BCUT2D eigenvalue weighted by Crippen LogP contribution is -2.39. The van der Waals surface area contributed by atoms with Crippen molar-refractivity contribution < 1.29 is 0 Å². The first-order chi connectivity index (χ1) is 5.45. The van der Waals surface area contributed by atoms with E-state index in [1.165, 1.54) is 6.42 Å². The minimum atomic E-state index is 0.256. The van der Waals surface area contributed by atoms with Crippen molar-refractivity contribution in [2.45, 2.75) is 52.6 Å². The lowest BCUT2D eigenvalue weighted by Gasteiger charge is -2.22. The standard InChI is InChI=1S/C10H24N2/c1-6-11-9(2)7-8-12-10(3,4)5/h9,11-12H,6-8H2,1-5H3. The van der Waals surface area contributed by atoms with Gasteiger partial charge in [-0.2, -0.15) is 0 Å². The molecular weight excluding hydrogens is 148 g/mol. The number of hydrogen-bond acceptors (Lipinski definition) is 2. The minimum absolute atomic E-state index is 0.256. The summed E-state index contributed by atoms with van der Waals surface area (Å²) in [5, 5.41) is 6.86. The predicted molar refractivity (Wildman–Crippen MR) is 55.5 cm³/mol. The van der Waals surface area contributed by atoms with E-state index >= 15 is 0 Å². The molecule has 0 saturated heterocycles. The van der Waals surface area contributed by atoms with E-state index in [2.05, 4.69) is 45.3 Å². The molecule has 74 valence electrons. The third kappa shape index (κ3) is 8.02. The number of nitrogens with one attached hydrogen (secondary N) is 2. The van der Waals surface area contributed by atoms with Gasteiger partial charge in [0.2, 0.25) is 0 Å². The summed E-state index contributed by atoms with van der Waals surface area (Å²) in [6.07, 6.45) is 1.20. The zero-order chi connectivity index (χ0) is 9.61. The molecular formula is C10H24N2. The second kappa shape index (κ2) is 5.55. The van der Waals surface area contributed by atoms with Gasteiger partial charge in [0.05, 0.1) is 0 Å². The van der Waals surface area contributed by atoms with E-state index in [-0.39, 0.29) is 5.54 Å². The van der Waals surface area contributed by atoms with Gasteiger partial charge >= 0.3 is 0 Å². The molecule has 0 saturated carbocycles. The lowest BCUT2D eigenvalue weighted by molar-refractivity contribution is 0.400. The first-order valence-electron chi connectivity index (χ1n) is 4.94. The van der Waals surface area contributed by atoms with Gasteiger partial charge in [0.1, 0.15) is 0 Å². The van der Waals surface area contributed by atoms with Crippen LogP contribution in [0.3, 0.4) is 0 Å². The first kappa shape index (κ1) is 11.9. The SMILES string of the molecule is CCNC(C)CCNC(C)(C)C. The summed E-state index contributed by atoms with van der Waals surface area (Å²) in [6, 6.07) is 0.629. The molecule has 0 aliphatic carbocycles. The Bertz CT molecular complexity index is 105. The van der Waals surface area contributed by atoms with Crippen molar-refractivity contribution in [1.82, 2.24) is 10.6 Å². The van der Waals surface area contributed by atoms with Crippen molar-refractivity contribution in [1.29, 1.82) is 0 Å². The van der Waals surface area contributed by atoms with Crippen LogP contribution in [0.2, 0.25) is 0 Å². The Morgan fingerprint density at radius 3 is 2.25 bits per heavy atom. The molecule has 2 heteroatoms. The zero-order valence-corrected chi connectivity index (χ0v) is 9.20. The van der Waals surface area contributed by atoms with Crippen molar-refractivity contribution in [3.05, 3.63) is 0 Å². The van der Waals surface area contributed by atoms with E-state index in [1.807, 2.05) is 0 Å². The van der Waals surface area contributed by atoms with Crippen LogP contribution >= 0.6 is 0 Å². The van der Waals surface area contributed by atoms with E-state index in [1.54, 1.807) is 0 Å². The van der Waals surface area contributed by atoms with Gasteiger partial charge in [-0.1, -0.05) is 6.92 Å². The Labute approximate surface area is 77.1 Å². The van der Waals surface area contributed by atoms with Gasteiger partial charge in [-0.15, -0.1) is 0 Å². The summed E-state index contributed by atoms with van der Waals surface area (Å²) in [6.45, 7) is 13.1. The van der Waals surface area contributed by atoms with Crippen LogP contribution in [0.4, 0.5) is 0 Å². The Hall–Kier alpha value is -0.0800. The summed E-state index contributed by atoms with van der Waals surface area (Å²) >= 11 is 0. The fraction of sp³-hybridized carbons (Fsp3) is 1.00. The largest absolute Gasteiger partial charge is 0.314 e. The lowest BCUT2D eigenvalue weighted by atomic mass is 10.1. The molecule has 2 nitrogen and oxygen atoms in total. The van der Waals surface area contributed by atoms with Crippen LogP contribution in [0, 0.1) is 0 Å². The molecule has 12 heavy (non-hydrogen) atoms. The molecule has 1 atom stereocenters. The second-order valence-corrected chi connectivity index (χ2v) is 4.42. The van der Waals surface area contributed by atoms with Crippen LogP contribution in [-0.2, 0) is 0 Å². The first-order valence-corrected chi connectivity index (χ1v) is 4.94. The van der Waals surface area contributed by atoms with E-state index in [4.69, 9.17) is 0 Å². The molecule has 0 amide bonds. The Balaban J connectivity index is 3.31. The van der Waals surface area contributed by atoms with E-state index < -0.39 is 0 Å². The van der Waals surface area contributed by atoms with Crippen molar-refractivity contribution >= 4 is 0 Å². The normalized spacial score (nSPS) is 14.8. The molecule has 0 aliphatic heterocycles. The quantitative estimate of drug-likeness (QED) is 0.660. The minimum Gasteiger partial charge on any atom is -0.314 e. The Kier molecular flexibility index (Phi) is 5.51. The Morgan fingerprint density at radius 2 is 1.83 bits per heavy atom. The van der Waals surface area contributed by atoms with E-state index in [0.29, 0.717) is 6.04 Å². The highest BCUT2D eigenvalue weighted by molar-refractivity contribution is 4.71. The molecule has 0 bridgehead atoms. The molecule has 0 aliphatic rings. The Morgan fingerprint density at radius 1 is 1.25 bits per heavy atom.